The van der Waals surface area contributed by atoms with Crippen molar-refractivity contribution in [1.82, 2.24) is 4.98 Å². The van der Waals surface area contributed by atoms with Crippen LogP contribution in [0.3, 0.4) is 0 Å². The van der Waals surface area contributed by atoms with Crippen molar-refractivity contribution in [3.8, 4) is 0 Å². The number of likely N-dealkylation sites (N-methyl/N-ethyl adjacent to an activating group) is 1. The van der Waals surface area contributed by atoms with Gasteiger partial charge in [0, 0.05) is 31.7 Å². The number of anilines is 2. The van der Waals surface area contributed by atoms with Gasteiger partial charge in [0.15, 0.2) is 0 Å². The topological polar surface area (TPSA) is 79.5 Å². The minimum absolute atomic E-state index is 0.109. The fourth-order valence-corrected chi connectivity index (χ4v) is 2.50. The highest BCUT2D eigenvalue weighted by Crippen LogP contribution is 2.32. The largest absolute Gasteiger partial charge is 0.478 e. The number of rotatable bonds is 5. The number of aromatic nitrogens is 1. The highest BCUT2D eigenvalue weighted by molar-refractivity contribution is 6.34. The first kappa shape index (κ1) is 15.1. The Kier molecular flexibility index (Phi) is 4.65. The molecule has 0 saturated carbocycles. The number of hydrogen-bond acceptors (Lipinski definition) is 4. The summed E-state index contributed by atoms with van der Waals surface area (Å²) in [5.74, 6) is -1.05. The van der Waals surface area contributed by atoms with E-state index in [1.165, 1.54) is 6.07 Å². The maximum absolute atomic E-state index is 11.4. The van der Waals surface area contributed by atoms with Gasteiger partial charge in [-0.15, -0.1) is 0 Å². The van der Waals surface area contributed by atoms with Crippen LogP contribution >= 0.6 is 11.6 Å². The molecule has 0 saturated heterocycles. The van der Waals surface area contributed by atoms with Crippen molar-refractivity contribution in [2.45, 2.75) is 6.42 Å². The summed E-state index contributed by atoms with van der Waals surface area (Å²) in [4.78, 5) is 17.1. The molecule has 1 heterocycles. The fraction of sp³-hybridized carbons (Fsp3) is 0.200. The number of carboxylic acids is 1. The van der Waals surface area contributed by atoms with Crippen molar-refractivity contribution in [3.63, 3.8) is 0 Å². The van der Waals surface area contributed by atoms with E-state index in [2.05, 4.69) is 4.98 Å². The SMILES string of the molecule is CN(CCc1ccncc1)c1c(Cl)cc(N)cc1C(=O)O. The number of nitrogens with zero attached hydrogens (tertiary/aromatic N) is 2. The molecule has 1 aromatic carbocycles. The molecule has 0 unspecified atom stereocenters. The van der Waals surface area contributed by atoms with Gasteiger partial charge in [-0.1, -0.05) is 11.6 Å². The summed E-state index contributed by atoms with van der Waals surface area (Å²) in [6, 6.07) is 6.84. The molecule has 0 aliphatic heterocycles. The Hall–Kier alpha value is -2.27. The number of halogens is 1. The van der Waals surface area contributed by atoms with Gasteiger partial charge in [0.05, 0.1) is 16.3 Å². The van der Waals surface area contributed by atoms with Crippen LogP contribution in [-0.4, -0.2) is 29.7 Å². The van der Waals surface area contributed by atoms with Gasteiger partial charge in [-0.05, 0) is 36.2 Å². The fourth-order valence-electron chi connectivity index (χ4n) is 2.13. The Labute approximate surface area is 128 Å². The monoisotopic (exact) mass is 305 g/mol. The van der Waals surface area contributed by atoms with E-state index in [0.717, 1.165) is 12.0 Å². The van der Waals surface area contributed by atoms with Crippen LogP contribution in [0.1, 0.15) is 15.9 Å². The van der Waals surface area contributed by atoms with E-state index in [-0.39, 0.29) is 5.56 Å². The molecule has 6 heteroatoms. The van der Waals surface area contributed by atoms with Crippen molar-refractivity contribution in [2.24, 2.45) is 0 Å². The average molecular weight is 306 g/mol. The lowest BCUT2D eigenvalue weighted by atomic mass is 10.1. The maximum Gasteiger partial charge on any atom is 0.337 e. The van der Waals surface area contributed by atoms with Crippen LogP contribution in [0, 0.1) is 0 Å². The lowest BCUT2D eigenvalue weighted by Gasteiger charge is -2.23. The molecule has 0 aliphatic carbocycles. The second-order valence-electron chi connectivity index (χ2n) is 4.73. The number of carboxylic acid groups (broad SMARTS) is 1. The van der Waals surface area contributed by atoms with E-state index < -0.39 is 5.97 Å². The summed E-state index contributed by atoms with van der Waals surface area (Å²) in [5.41, 5.74) is 7.71. The summed E-state index contributed by atoms with van der Waals surface area (Å²) >= 11 is 6.16. The first-order chi connectivity index (χ1) is 9.99. The van der Waals surface area contributed by atoms with E-state index in [0.29, 0.717) is 22.9 Å². The summed E-state index contributed by atoms with van der Waals surface area (Å²) in [6.45, 7) is 0.633. The molecule has 2 rings (SSSR count). The maximum atomic E-state index is 11.4. The zero-order valence-corrected chi connectivity index (χ0v) is 12.3. The molecule has 21 heavy (non-hydrogen) atoms. The Morgan fingerprint density at radius 1 is 1.38 bits per heavy atom. The third kappa shape index (κ3) is 3.64. The summed E-state index contributed by atoms with van der Waals surface area (Å²) in [5, 5.41) is 9.64. The molecule has 5 nitrogen and oxygen atoms in total. The molecule has 1 aromatic heterocycles. The Balaban J connectivity index is 2.22. The molecule has 2 aromatic rings. The molecular formula is C15H16ClN3O2. The molecule has 3 N–H and O–H groups in total. The molecule has 0 spiro atoms. The summed E-state index contributed by atoms with van der Waals surface area (Å²) in [7, 11) is 1.81. The highest BCUT2D eigenvalue weighted by atomic mass is 35.5. The van der Waals surface area contributed by atoms with Gasteiger partial charge >= 0.3 is 5.97 Å². The Bertz CT molecular complexity index is 647. The number of nitrogens with two attached hydrogens (primary N) is 1. The first-order valence-electron chi connectivity index (χ1n) is 6.41. The van der Waals surface area contributed by atoms with Crippen LogP contribution in [-0.2, 0) is 6.42 Å². The average Bonchev–Trinajstić information content (AvgIpc) is 2.45. The van der Waals surface area contributed by atoms with E-state index in [1.54, 1.807) is 18.5 Å². The lowest BCUT2D eigenvalue weighted by Crippen LogP contribution is -2.23. The number of carbonyl (C=O) groups is 1. The smallest absolute Gasteiger partial charge is 0.337 e. The molecule has 0 bridgehead atoms. The molecule has 0 radical (unpaired) electrons. The lowest BCUT2D eigenvalue weighted by molar-refractivity contribution is 0.0697. The first-order valence-corrected chi connectivity index (χ1v) is 6.79. The molecule has 0 atom stereocenters. The second-order valence-corrected chi connectivity index (χ2v) is 5.14. The van der Waals surface area contributed by atoms with Crippen LogP contribution in [0.15, 0.2) is 36.7 Å². The van der Waals surface area contributed by atoms with Crippen molar-refractivity contribution in [1.29, 1.82) is 0 Å². The van der Waals surface area contributed by atoms with Crippen LogP contribution in [0.25, 0.3) is 0 Å². The van der Waals surface area contributed by atoms with Gasteiger partial charge in [-0.25, -0.2) is 4.79 Å². The zero-order chi connectivity index (χ0) is 15.4. The third-order valence-electron chi connectivity index (χ3n) is 3.18. The van der Waals surface area contributed by atoms with Gasteiger partial charge < -0.3 is 15.7 Å². The van der Waals surface area contributed by atoms with Crippen LogP contribution < -0.4 is 10.6 Å². The van der Waals surface area contributed by atoms with Crippen molar-refractivity contribution >= 4 is 28.9 Å². The van der Waals surface area contributed by atoms with E-state index >= 15 is 0 Å². The van der Waals surface area contributed by atoms with Crippen molar-refractivity contribution in [2.75, 3.05) is 24.2 Å². The molecule has 0 amide bonds. The van der Waals surface area contributed by atoms with Crippen LogP contribution in [0.5, 0.6) is 0 Å². The quantitative estimate of drug-likeness (QED) is 0.830. The van der Waals surface area contributed by atoms with E-state index in [9.17, 15) is 9.90 Å². The summed E-state index contributed by atoms with van der Waals surface area (Å²) < 4.78 is 0. The number of benzene rings is 1. The second kappa shape index (κ2) is 6.45. The zero-order valence-electron chi connectivity index (χ0n) is 11.6. The van der Waals surface area contributed by atoms with Crippen molar-refractivity contribution < 1.29 is 9.90 Å². The predicted molar refractivity (Wildman–Crippen MR) is 84.0 cm³/mol. The Morgan fingerprint density at radius 3 is 2.67 bits per heavy atom. The van der Waals surface area contributed by atoms with Gasteiger partial charge in [0.1, 0.15) is 0 Å². The number of hydrogen-bond donors (Lipinski definition) is 2. The van der Waals surface area contributed by atoms with Gasteiger partial charge in [-0.2, -0.15) is 0 Å². The molecule has 110 valence electrons. The number of aromatic carboxylic acids is 1. The minimum Gasteiger partial charge on any atom is -0.478 e. The predicted octanol–water partition coefficient (Wildman–Crippen LogP) is 2.69. The standard InChI is InChI=1S/C15H16ClN3O2/c1-19(7-4-10-2-5-18-6-3-10)14-12(15(20)21)8-11(17)9-13(14)16/h2-3,5-6,8-9H,4,7,17H2,1H3,(H,20,21). The minimum atomic E-state index is -1.05. The highest BCUT2D eigenvalue weighted by Gasteiger charge is 2.18. The van der Waals surface area contributed by atoms with Gasteiger partial charge in [-0.3, -0.25) is 4.98 Å². The molecule has 0 fully saturated rings. The number of nitrogen functional groups attached to an aromatic ring is 1. The van der Waals surface area contributed by atoms with Crippen LogP contribution in [0.4, 0.5) is 11.4 Å². The van der Waals surface area contributed by atoms with E-state index in [1.807, 2.05) is 24.1 Å². The molecule has 0 aliphatic rings. The summed E-state index contributed by atoms with van der Waals surface area (Å²) in [6.07, 6.45) is 4.22. The van der Waals surface area contributed by atoms with Gasteiger partial charge in [0.2, 0.25) is 0 Å². The van der Waals surface area contributed by atoms with Crippen molar-refractivity contribution in [3.05, 3.63) is 52.8 Å². The Morgan fingerprint density at radius 2 is 2.05 bits per heavy atom. The van der Waals surface area contributed by atoms with E-state index in [4.69, 9.17) is 17.3 Å². The third-order valence-corrected chi connectivity index (χ3v) is 3.47. The normalized spacial score (nSPS) is 10.4. The number of pyridine rings is 1. The van der Waals surface area contributed by atoms with Crippen LogP contribution in [0.2, 0.25) is 5.02 Å². The molecular weight excluding hydrogens is 290 g/mol. The van der Waals surface area contributed by atoms with Gasteiger partial charge in [0.25, 0.3) is 0 Å².